The van der Waals surface area contributed by atoms with Crippen LogP contribution in [0, 0.1) is 0 Å². The van der Waals surface area contributed by atoms with E-state index in [4.69, 9.17) is 18.9 Å². The summed E-state index contributed by atoms with van der Waals surface area (Å²) in [7, 11) is 0. The highest BCUT2D eigenvalue weighted by Gasteiger charge is 2.38. The van der Waals surface area contributed by atoms with Crippen molar-refractivity contribution in [3.63, 3.8) is 0 Å². The number of aliphatic carboxylic acids is 1. The number of alkyl carbamates (subject to hydrolysis) is 2. The van der Waals surface area contributed by atoms with Gasteiger partial charge in [-0.2, -0.15) is 0 Å². The van der Waals surface area contributed by atoms with Crippen LogP contribution in [0.1, 0.15) is 83.9 Å². The SMILES string of the molecule is CC(C)(C)OC(=O)N[C@@H](Cc1ccc(OC(=O)OC(C)(C)C)cc1)C(=O)N[C@H](CCCNC(=O)OCc1ccccc1)C(=O)NCC(=O)N[C@@H](Cc1ccccc1)C(=O)N1CCC[C@H]1C(=O)O. The zero-order valence-electron chi connectivity index (χ0n) is 38.8. The molecule has 4 rings (SSSR count). The lowest BCUT2D eigenvalue weighted by molar-refractivity contribution is -0.149. The molecule has 1 heterocycles. The topological polar surface area (TPSA) is 257 Å². The number of ether oxygens (including phenoxy) is 4. The van der Waals surface area contributed by atoms with Gasteiger partial charge >= 0.3 is 24.3 Å². The van der Waals surface area contributed by atoms with Crippen molar-refractivity contribution in [2.45, 2.75) is 122 Å². The number of hydrogen-bond donors (Lipinski definition) is 6. The second-order valence-corrected chi connectivity index (χ2v) is 17.9. The molecular weight excluding hydrogens is 869 g/mol. The number of rotatable bonds is 20. The Labute approximate surface area is 390 Å². The van der Waals surface area contributed by atoms with E-state index in [1.54, 1.807) is 108 Å². The van der Waals surface area contributed by atoms with Crippen LogP contribution in [0.3, 0.4) is 0 Å². The van der Waals surface area contributed by atoms with E-state index in [9.17, 15) is 43.5 Å². The fourth-order valence-corrected chi connectivity index (χ4v) is 6.84. The number of carboxylic acids is 1. The Morgan fingerprint density at radius 2 is 1.27 bits per heavy atom. The van der Waals surface area contributed by atoms with Gasteiger partial charge in [0, 0.05) is 25.9 Å². The molecule has 1 saturated heterocycles. The first-order valence-electron chi connectivity index (χ1n) is 22.0. The number of carbonyl (C=O) groups excluding carboxylic acids is 7. The summed E-state index contributed by atoms with van der Waals surface area (Å²) in [6, 6.07) is 19.1. The second-order valence-electron chi connectivity index (χ2n) is 17.9. The molecule has 1 aliphatic heterocycles. The third-order valence-corrected chi connectivity index (χ3v) is 9.91. The largest absolute Gasteiger partial charge is 0.514 e. The van der Waals surface area contributed by atoms with Crippen LogP contribution >= 0.6 is 0 Å². The van der Waals surface area contributed by atoms with E-state index < -0.39 is 89.9 Å². The van der Waals surface area contributed by atoms with Crippen molar-refractivity contribution in [2.24, 2.45) is 0 Å². The van der Waals surface area contributed by atoms with Crippen LogP contribution in [0.25, 0.3) is 0 Å². The summed E-state index contributed by atoms with van der Waals surface area (Å²) < 4.78 is 21.1. The summed E-state index contributed by atoms with van der Waals surface area (Å²) in [6.45, 7) is 9.63. The molecule has 67 heavy (non-hydrogen) atoms. The molecule has 0 aliphatic carbocycles. The number of nitrogens with zero attached hydrogens (tertiary/aromatic N) is 1. The maximum atomic E-state index is 14.1. The van der Waals surface area contributed by atoms with Gasteiger partial charge in [0.1, 0.15) is 47.7 Å². The molecule has 6 N–H and O–H groups in total. The summed E-state index contributed by atoms with van der Waals surface area (Å²) in [6.07, 6.45) is -1.78. The maximum absolute atomic E-state index is 14.1. The van der Waals surface area contributed by atoms with Gasteiger partial charge in [-0.3, -0.25) is 19.2 Å². The van der Waals surface area contributed by atoms with Crippen molar-refractivity contribution in [2.75, 3.05) is 19.6 Å². The van der Waals surface area contributed by atoms with Crippen LogP contribution in [-0.4, -0.2) is 113 Å². The summed E-state index contributed by atoms with van der Waals surface area (Å²) in [5.41, 5.74) is 0.284. The minimum absolute atomic E-state index is 0.0251. The summed E-state index contributed by atoms with van der Waals surface area (Å²) in [5, 5.41) is 22.8. The van der Waals surface area contributed by atoms with Crippen molar-refractivity contribution >= 4 is 47.9 Å². The van der Waals surface area contributed by atoms with Gasteiger partial charge < -0.3 is 55.5 Å². The molecule has 3 aromatic carbocycles. The number of amides is 6. The van der Waals surface area contributed by atoms with E-state index in [-0.39, 0.29) is 57.6 Å². The fraction of sp³-hybridized carbons (Fsp3) is 0.458. The Morgan fingerprint density at radius 3 is 1.88 bits per heavy atom. The predicted molar refractivity (Wildman–Crippen MR) is 243 cm³/mol. The zero-order valence-corrected chi connectivity index (χ0v) is 38.8. The van der Waals surface area contributed by atoms with Crippen molar-refractivity contribution in [3.8, 4) is 5.75 Å². The average molecular weight is 931 g/mol. The second kappa shape index (κ2) is 24.9. The minimum atomic E-state index is -1.32. The molecule has 0 saturated carbocycles. The number of benzene rings is 3. The van der Waals surface area contributed by atoms with Gasteiger partial charge in [0.15, 0.2) is 0 Å². The van der Waals surface area contributed by atoms with Crippen LogP contribution in [0.5, 0.6) is 5.75 Å². The van der Waals surface area contributed by atoms with Crippen molar-refractivity contribution in [3.05, 3.63) is 102 Å². The highest BCUT2D eigenvalue weighted by atomic mass is 16.7. The first kappa shape index (κ1) is 52.4. The number of carboxylic acid groups (broad SMARTS) is 1. The van der Waals surface area contributed by atoms with E-state index in [0.717, 1.165) is 5.56 Å². The Hall–Kier alpha value is -7.18. The molecule has 6 amide bonds. The average Bonchev–Trinajstić information content (AvgIpc) is 3.76. The Kier molecular flexibility index (Phi) is 19.5. The molecule has 1 fully saturated rings. The molecular formula is C48H62N6O13. The monoisotopic (exact) mass is 930 g/mol. The van der Waals surface area contributed by atoms with E-state index in [0.29, 0.717) is 17.5 Å². The van der Waals surface area contributed by atoms with Gasteiger partial charge in [0.05, 0.1) is 6.54 Å². The summed E-state index contributed by atoms with van der Waals surface area (Å²) in [5.74, 6) is -3.93. The molecule has 19 nitrogen and oxygen atoms in total. The highest BCUT2D eigenvalue weighted by Crippen LogP contribution is 2.20. The lowest BCUT2D eigenvalue weighted by Crippen LogP contribution is -2.56. The maximum Gasteiger partial charge on any atom is 0.514 e. The van der Waals surface area contributed by atoms with Crippen LogP contribution in [-0.2, 0) is 57.6 Å². The molecule has 3 aromatic rings. The van der Waals surface area contributed by atoms with Crippen LogP contribution in [0.4, 0.5) is 14.4 Å². The lowest BCUT2D eigenvalue weighted by atomic mass is 10.0. The first-order valence-corrected chi connectivity index (χ1v) is 22.0. The quantitative estimate of drug-likeness (QED) is 0.0394. The number of nitrogens with one attached hydrogen (secondary N) is 5. The van der Waals surface area contributed by atoms with Gasteiger partial charge in [-0.05, 0) is 96.0 Å². The highest BCUT2D eigenvalue weighted by molar-refractivity contribution is 5.95. The summed E-state index contributed by atoms with van der Waals surface area (Å²) in [4.78, 5) is 106. The minimum Gasteiger partial charge on any atom is -0.480 e. The van der Waals surface area contributed by atoms with Crippen LogP contribution < -0.4 is 31.3 Å². The van der Waals surface area contributed by atoms with Crippen molar-refractivity contribution < 1.29 is 62.4 Å². The lowest BCUT2D eigenvalue weighted by Gasteiger charge is -2.28. The van der Waals surface area contributed by atoms with E-state index >= 15 is 0 Å². The van der Waals surface area contributed by atoms with Gasteiger partial charge in [0.2, 0.25) is 23.6 Å². The Bertz CT molecular complexity index is 2160. The predicted octanol–water partition coefficient (Wildman–Crippen LogP) is 4.55. The Balaban J connectivity index is 1.49. The van der Waals surface area contributed by atoms with Crippen molar-refractivity contribution in [1.82, 2.24) is 31.5 Å². The van der Waals surface area contributed by atoms with Gasteiger partial charge in [-0.1, -0.05) is 72.8 Å². The van der Waals surface area contributed by atoms with E-state index in [2.05, 4.69) is 26.6 Å². The molecule has 19 heteroatoms. The molecule has 0 spiro atoms. The molecule has 0 radical (unpaired) electrons. The van der Waals surface area contributed by atoms with Gasteiger partial charge in [-0.15, -0.1) is 0 Å². The first-order chi connectivity index (χ1) is 31.7. The molecule has 0 bridgehead atoms. The number of likely N-dealkylation sites (tertiary alicyclic amines) is 1. The molecule has 4 atom stereocenters. The number of hydrogen-bond acceptors (Lipinski definition) is 12. The van der Waals surface area contributed by atoms with E-state index in [1.807, 2.05) is 6.07 Å². The van der Waals surface area contributed by atoms with Crippen molar-refractivity contribution in [1.29, 1.82) is 0 Å². The van der Waals surface area contributed by atoms with Gasteiger partial charge in [0.25, 0.3) is 0 Å². The normalized spacial score (nSPS) is 14.8. The zero-order chi connectivity index (χ0) is 49.1. The standard InChI is InChI=1S/C48H62N6O13/c1-47(2,3)66-45(62)53-36(27-32-21-23-34(24-22-32)65-46(63)67-48(4,5)6)41(57)52-35(19-13-25-49-44(61)64-30-33-17-11-8-12-18-33)40(56)50-29-39(55)51-37(28-31-15-9-7-10-16-31)42(58)54-26-14-20-38(54)43(59)60/h7-12,15-18,21-24,35-38H,13-14,19-20,25-30H2,1-6H3,(H,49,61)(H,50,56)(H,51,55)(H,52,57)(H,53,62)(H,59,60)/t35-,36+,37+,38+/m1/s1. The third kappa shape index (κ3) is 19.1. The smallest absolute Gasteiger partial charge is 0.480 e. The fourth-order valence-electron chi connectivity index (χ4n) is 6.84. The summed E-state index contributed by atoms with van der Waals surface area (Å²) >= 11 is 0. The van der Waals surface area contributed by atoms with Gasteiger partial charge in [-0.25, -0.2) is 19.2 Å². The molecule has 0 unspecified atom stereocenters. The molecule has 0 aromatic heterocycles. The van der Waals surface area contributed by atoms with Crippen LogP contribution in [0.2, 0.25) is 0 Å². The van der Waals surface area contributed by atoms with E-state index in [1.165, 1.54) is 17.0 Å². The number of carbonyl (C=O) groups is 8. The third-order valence-electron chi connectivity index (χ3n) is 9.91. The molecule has 1 aliphatic rings. The molecule has 362 valence electrons. The van der Waals surface area contributed by atoms with Crippen LogP contribution in [0.15, 0.2) is 84.9 Å². The Morgan fingerprint density at radius 1 is 0.672 bits per heavy atom.